The first kappa shape index (κ1) is 14.3. The quantitative estimate of drug-likeness (QED) is 0.862. The lowest BCUT2D eigenvalue weighted by Gasteiger charge is -2.14. The van der Waals surface area contributed by atoms with Gasteiger partial charge in [0.15, 0.2) is 5.82 Å². The van der Waals surface area contributed by atoms with Crippen molar-refractivity contribution >= 4 is 17.5 Å². The highest BCUT2D eigenvalue weighted by Gasteiger charge is 2.17. The van der Waals surface area contributed by atoms with Gasteiger partial charge in [-0.2, -0.15) is 15.0 Å². The van der Waals surface area contributed by atoms with Crippen molar-refractivity contribution < 1.29 is 9.47 Å². The van der Waals surface area contributed by atoms with Crippen molar-refractivity contribution in [3.63, 3.8) is 0 Å². The summed E-state index contributed by atoms with van der Waals surface area (Å²) in [5, 5.41) is 0.117. The van der Waals surface area contributed by atoms with E-state index in [1.807, 2.05) is 32.3 Å². The molecule has 0 aliphatic rings. The molecule has 1 heterocycles. The fourth-order valence-corrected chi connectivity index (χ4v) is 1.88. The molecule has 7 heteroatoms. The van der Waals surface area contributed by atoms with Crippen molar-refractivity contribution in [2.24, 2.45) is 0 Å². The van der Waals surface area contributed by atoms with Crippen LogP contribution >= 0.6 is 11.6 Å². The van der Waals surface area contributed by atoms with E-state index in [2.05, 4.69) is 15.0 Å². The van der Waals surface area contributed by atoms with Gasteiger partial charge in [0.2, 0.25) is 11.2 Å². The van der Waals surface area contributed by atoms with E-state index in [1.54, 1.807) is 19.1 Å². The Labute approximate surface area is 122 Å². The molecular formula is C13H15ClN4O2. The molecule has 2 rings (SSSR count). The Bertz CT molecular complexity index is 597. The van der Waals surface area contributed by atoms with Crippen LogP contribution in [-0.2, 0) is 0 Å². The first-order chi connectivity index (χ1) is 9.56. The number of aromatic nitrogens is 3. The van der Waals surface area contributed by atoms with E-state index in [0.29, 0.717) is 28.8 Å². The molecule has 0 aliphatic carbocycles. The van der Waals surface area contributed by atoms with E-state index in [9.17, 15) is 0 Å². The second kappa shape index (κ2) is 5.92. The summed E-state index contributed by atoms with van der Waals surface area (Å²) in [7, 11) is 6.81. The van der Waals surface area contributed by atoms with Gasteiger partial charge in [0.05, 0.1) is 14.2 Å². The van der Waals surface area contributed by atoms with Crippen LogP contribution in [0.5, 0.6) is 11.5 Å². The van der Waals surface area contributed by atoms with Crippen LogP contribution in [0.1, 0.15) is 0 Å². The maximum absolute atomic E-state index is 5.96. The van der Waals surface area contributed by atoms with Crippen molar-refractivity contribution in [1.82, 2.24) is 15.0 Å². The highest BCUT2D eigenvalue weighted by Crippen LogP contribution is 2.36. The monoisotopic (exact) mass is 294 g/mol. The maximum atomic E-state index is 5.96. The van der Waals surface area contributed by atoms with Gasteiger partial charge >= 0.3 is 0 Å². The third-order valence-electron chi connectivity index (χ3n) is 2.65. The van der Waals surface area contributed by atoms with Gasteiger partial charge in [0.25, 0.3) is 0 Å². The summed E-state index contributed by atoms with van der Waals surface area (Å²) < 4.78 is 10.7. The Kier molecular flexibility index (Phi) is 4.24. The normalized spacial score (nSPS) is 10.2. The lowest BCUT2D eigenvalue weighted by molar-refractivity contribution is 0.397. The molecule has 20 heavy (non-hydrogen) atoms. The Morgan fingerprint density at radius 3 is 2.10 bits per heavy atom. The molecule has 0 saturated heterocycles. The highest BCUT2D eigenvalue weighted by atomic mass is 35.5. The predicted molar refractivity (Wildman–Crippen MR) is 77.7 cm³/mol. The van der Waals surface area contributed by atoms with Crippen LogP contribution < -0.4 is 14.4 Å². The van der Waals surface area contributed by atoms with E-state index in [1.165, 1.54) is 0 Å². The first-order valence-corrected chi connectivity index (χ1v) is 6.25. The van der Waals surface area contributed by atoms with E-state index in [4.69, 9.17) is 21.1 Å². The van der Waals surface area contributed by atoms with Crippen molar-refractivity contribution in [3.05, 3.63) is 23.5 Å². The Morgan fingerprint density at radius 2 is 1.60 bits per heavy atom. The smallest absolute Gasteiger partial charge is 0.229 e. The molecule has 0 bridgehead atoms. The van der Waals surface area contributed by atoms with E-state index in [-0.39, 0.29) is 5.28 Å². The number of benzene rings is 1. The summed E-state index contributed by atoms with van der Waals surface area (Å²) in [5.41, 5.74) is 0.643. The summed E-state index contributed by atoms with van der Waals surface area (Å²) in [6.07, 6.45) is 0. The number of nitrogens with zero attached hydrogens (tertiary/aromatic N) is 4. The van der Waals surface area contributed by atoms with E-state index < -0.39 is 0 Å². The summed E-state index contributed by atoms with van der Waals surface area (Å²) in [5.74, 6) is 2.09. The van der Waals surface area contributed by atoms with Gasteiger partial charge in [0.1, 0.15) is 17.1 Å². The van der Waals surface area contributed by atoms with Crippen LogP contribution in [0, 0.1) is 0 Å². The van der Waals surface area contributed by atoms with Crippen molar-refractivity contribution in [1.29, 1.82) is 0 Å². The SMILES string of the molecule is COc1cccc(OC)c1-c1nc(Cl)nc(N(C)C)n1. The molecule has 0 amide bonds. The van der Waals surface area contributed by atoms with Gasteiger partial charge in [-0.25, -0.2) is 0 Å². The third-order valence-corrected chi connectivity index (χ3v) is 2.82. The van der Waals surface area contributed by atoms with Crippen LogP contribution in [0.2, 0.25) is 5.28 Å². The first-order valence-electron chi connectivity index (χ1n) is 5.87. The van der Waals surface area contributed by atoms with Crippen LogP contribution in [0.3, 0.4) is 0 Å². The molecule has 1 aromatic heterocycles. The molecular weight excluding hydrogens is 280 g/mol. The minimum atomic E-state index is 0.117. The molecule has 0 atom stereocenters. The molecule has 0 spiro atoms. The van der Waals surface area contributed by atoms with Gasteiger partial charge < -0.3 is 14.4 Å². The molecule has 0 radical (unpaired) electrons. The summed E-state index contributed by atoms with van der Waals surface area (Å²) in [6, 6.07) is 5.45. The molecule has 0 aliphatic heterocycles. The Hall–Kier alpha value is -2.08. The van der Waals surface area contributed by atoms with Crippen molar-refractivity contribution in [3.8, 4) is 22.9 Å². The number of halogens is 1. The van der Waals surface area contributed by atoms with Gasteiger partial charge in [-0.3, -0.25) is 0 Å². The second-order valence-electron chi connectivity index (χ2n) is 4.16. The highest BCUT2D eigenvalue weighted by molar-refractivity contribution is 6.28. The van der Waals surface area contributed by atoms with Gasteiger partial charge in [0, 0.05) is 14.1 Å². The second-order valence-corrected chi connectivity index (χ2v) is 4.50. The minimum Gasteiger partial charge on any atom is -0.496 e. The van der Waals surface area contributed by atoms with E-state index >= 15 is 0 Å². The molecule has 2 aromatic rings. The third kappa shape index (κ3) is 2.75. The molecule has 0 fully saturated rings. The lowest BCUT2D eigenvalue weighted by Crippen LogP contribution is -2.14. The number of anilines is 1. The van der Waals surface area contributed by atoms with Crippen LogP contribution in [0.25, 0.3) is 11.4 Å². The summed E-state index contributed by atoms with van der Waals surface area (Å²) in [6.45, 7) is 0. The van der Waals surface area contributed by atoms with Crippen molar-refractivity contribution in [2.75, 3.05) is 33.2 Å². The van der Waals surface area contributed by atoms with Crippen LogP contribution in [0.15, 0.2) is 18.2 Å². The number of hydrogen-bond acceptors (Lipinski definition) is 6. The van der Waals surface area contributed by atoms with E-state index in [0.717, 1.165) is 0 Å². The fourth-order valence-electron chi connectivity index (χ4n) is 1.72. The largest absolute Gasteiger partial charge is 0.496 e. The average molecular weight is 295 g/mol. The van der Waals surface area contributed by atoms with Crippen molar-refractivity contribution in [2.45, 2.75) is 0 Å². The lowest BCUT2D eigenvalue weighted by atomic mass is 10.1. The molecule has 0 unspecified atom stereocenters. The van der Waals surface area contributed by atoms with Crippen LogP contribution in [0.4, 0.5) is 5.95 Å². The molecule has 106 valence electrons. The van der Waals surface area contributed by atoms with Gasteiger partial charge in [-0.1, -0.05) is 6.07 Å². The molecule has 6 nitrogen and oxygen atoms in total. The Balaban J connectivity index is 2.67. The van der Waals surface area contributed by atoms with Crippen LogP contribution in [-0.4, -0.2) is 43.3 Å². The molecule has 0 N–H and O–H groups in total. The number of methoxy groups -OCH3 is 2. The Morgan fingerprint density at radius 1 is 1.00 bits per heavy atom. The predicted octanol–water partition coefficient (Wildman–Crippen LogP) is 2.28. The number of ether oxygens (including phenoxy) is 2. The zero-order valence-corrected chi connectivity index (χ0v) is 12.5. The fraction of sp³-hybridized carbons (Fsp3) is 0.308. The topological polar surface area (TPSA) is 60.4 Å². The molecule has 1 aromatic carbocycles. The minimum absolute atomic E-state index is 0.117. The molecule has 0 saturated carbocycles. The number of hydrogen-bond donors (Lipinski definition) is 0. The standard InChI is InChI=1S/C13H15ClN4O2/c1-18(2)13-16-11(15-12(14)17-13)10-8(19-3)6-5-7-9(10)20-4/h5-7H,1-4H3. The van der Waals surface area contributed by atoms with Gasteiger partial charge in [-0.05, 0) is 23.7 Å². The average Bonchev–Trinajstić information content (AvgIpc) is 2.45. The van der Waals surface area contributed by atoms with Gasteiger partial charge in [-0.15, -0.1) is 0 Å². The summed E-state index contributed by atoms with van der Waals surface area (Å²) in [4.78, 5) is 14.3. The number of rotatable bonds is 4. The maximum Gasteiger partial charge on any atom is 0.229 e. The zero-order valence-electron chi connectivity index (χ0n) is 11.7. The zero-order chi connectivity index (χ0) is 14.7. The summed E-state index contributed by atoms with van der Waals surface area (Å²) >= 11 is 5.96.